The van der Waals surface area contributed by atoms with Crippen molar-refractivity contribution in [1.82, 2.24) is 14.8 Å². The Labute approximate surface area is 122 Å². The van der Waals surface area contributed by atoms with E-state index in [-0.39, 0.29) is 12.6 Å². The first-order chi connectivity index (χ1) is 10.2. The molecule has 21 heavy (non-hydrogen) atoms. The number of aliphatic hydroxyl groups excluding tert-OH is 1. The van der Waals surface area contributed by atoms with Crippen molar-refractivity contribution in [2.75, 3.05) is 13.2 Å². The van der Waals surface area contributed by atoms with Gasteiger partial charge in [0.2, 0.25) is 0 Å². The maximum absolute atomic E-state index is 12.1. The smallest absolute Gasteiger partial charge is 0.340 e. The van der Waals surface area contributed by atoms with E-state index in [0.29, 0.717) is 18.7 Å². The Morgan fingerprint density at radius 3 is 3.14 bits per heavy atom. The van der Waals surface area contributed by atoms with Crippen LogP contribution in [0.15, 0.2) is 12.4 Å². The Balaban J connectivity index is 2.08. The lowest BCUT2D eigenvalue weighted by Gasteiger charge is -2.04. The first-order valence-electron chi connectivity index (χ1n) is 7.29. The van der Waals surface area contributed by atoms with Crippen molar-refractivity contribution in [2.45, 2.75) is 32.7 Å². The van der Waals surface area contributed by atoms with Crippen LogP contribution >= 0.6 is 0 Å². The molecule has 6 heteroatoms. The zero-order valence-electron chi connectivity index (χ0n) is 12.1. The number of nitrogens with zero attached hydrogens (tertiary/aromatic N) is 2. The van der Waals surface area contributed by atoms with Crippen LogP contribution < -0.4 is 0 Å². The van der Waals surface area contributed by atoms with Gasteiger partial charge in [0.15, 0.2) is 0 Å². The van der Waals surface area contributed by atoms with Crippen LogP contribution in [0.25, 0.3) is 11.3 Å². The number of rotatable bonds is 4. The van der Waals surface area contributed by atoms with Crippen molar-refractivity contribution in [1.29, 1.82) is 0 Å². The molecule has 0 atom stereocenters. The minimum atomic E-state index is -0.320. The normalized spacial score (nSPS) is 13.4. The Morgan fingerprint density at radius 2 is 2.38 bits per heavy atom. The van der Waals surface area contributed by atoms with Crippen molar-refractivity contribution in [3.05, 3.63) is 29.2 Å². The molecule has 1 aliphatic carbocycles. The van der Waals surface area contributed by atoms with Gasteiger partial charge < -0.3 is 14.8 Å². The number of aryl methyl sites for hydroxylation is 2. The van der Waals surface area contributed by atoms with Crippen LogP contribution in [0.4, 0.5) is 0 Å². The van der Waals surface area contributed by atoms with Crippen LogP contribution in [0.1, 0.15) is 35.0 Å². The fraction of sp³-hybridized carbons (Fsp3) is 0.467. The van der Waals surface area contributed by atoms with Crippen molar-refractivity contribution in [2.24, 2.45) is 0 Å². The third-order valence-electron chi connectivity index (χ3n) is 3.73. The summed E-state index contributed by atoms with van der Waals surface area (Å²) in [4.78, 5) is 15.3. The highest BCUT2D eigenvalue weighted by Gasteiger charge is 2.26. The molecular formula is C15H19N3O3. The largest absolute Gasteiger partial charge is 0.462 e. The van der Waals surface area contributed by atoms with Crippen LogP contribution in [0.2, 0.25) is 0 Å². The SMILES string of the molecule is CCOC(=O)c1c[nH]c2c1-c1nn(CCO)cc1CCC2. The lowest BCUT2D eigenvalue weighted by Crippen LogP contribution is -2.06. The highest BCUT2D eigenvalue weighted by atomic mass is 16.5. The van der Waals surface area contributed by atoms with Gasteiger partial charge in [0.05, 0.1) is 31.0 Å². The summed E-state index contributed by atoms with van der Waals surface area (Å²) >= 11 is 0. The molecule has 0 amide bonds. The zero-order chi connectivity index (χ0) is 14.8. The molecule has 2 aromatic heterocycles. The highest BCUT2D eigenvalue weighted by molar-refractivity contribution is 5.98. The van der Waals surface area contributed by atoms with Gasteiger partial charge in [-0.2, -0.15) is 5.10 Å². The average Bonchev–Trinajstić information content (AvgIpc) is 3.00. The van der Waals surface area contributed by atoms with E-state index < -0.39 is 0 Å². The number of hydrogen-bond donors (Lipinski definition) is 2. The minimum Gasteiger partial charge on any atom is -0.462 e. The molecule has 2 aromatic rings. The van der Waals surface area contributed by atoms with E-state index in [9.17, 15) is 4.79 Å². The number of aliphatic hydroxyl groups is 1. The maximum Gasteiger partial charge on any atom is 0.340 e. The molecule has 0 radical (unpaired) electrons. The molecule has 3 rings (SSSR count). The average molecular weight is 289 g/mol. The summed E-state index contributed by atoms with van der Waals surface area (Å²) in [5.74, 6) is -0.320. The van der Waals surface area contributed by atoms with E-state index in [1.54, 1.807) is 17.8 Å². The monoisotopic (exact) mass is 289 g/mol. The summed E-state index contributed by atoms with van der Waals surface area (Å²) in [5, 5.41) is 13.6. The number of H-pyrrole nitrogens is 1. The topological polar surface area (TPSA) is 80.1 Å². The van der Waals surface area contributed by atoms with Gasteiger partial charge >= 0.3 is 5.97 Å². The number of aromatic nitrogens is 3. The summed E-state index contributed by atoms with van der Waals surface area (Å²) in [6, 6.07) is 0. The summed E-state index contributed by atoms with van der Waals surface area (Å²) in [6.45, 7) is 2.65. The molecule has 0 unspecified atom stereocenters. The quantitative estimate of drug-likeness (QED) is 0.837. The van der Waals surface area contributed by atoms with Crippen molar-refractivity contribution in [3.63, 3.8) is 0 Å². The van der Waals surface area contributed by atoms with Crippen LogP contribution in [-0.2, 0) is 24.1 Å². The zero-order valence-corrected chi connectivity index (χ0v) is 12.1. The van der Waals surface area contributed by atoms with E-state index in [1.165, 1.54) is 0 Å². The molecule has 1 aliphatic rings. The van der Waals surface area contributed by atoms with E-state index in [1.807, 2.05) is 6.20 Å². The van der Waals surface area contributed by atoms with Crippen molar-refractivity contribution in [3.8, 4) is 11.3 Å². The lowest BCUT2D eigenvalue weighted by atomic mass is 10.1. The van der Waals surface area contributed by atoms with Gasteiger partial charge in [0.25, 0.3) is 0 Å². The van der Waals surface area contributed by atoms with Crippen LogP contribution in [0, 0.1) is 0 Å². The molecule has 0 aromatic carbocycles. The van der Waals surface area contributed by atoms with Crippen LogP contribution in [-0.4, -0.2) is 39.1 Å². The number of hydrogen-bond acceptors (Lipinski definition) is 4. The van der Waals surface area contributed by atoms with Gasteiger partial charge in [0, 0.05) is 23.7 Å². The summed E-state index contributed by atoms with van der Waals surface area (Å²) in [7, 11) is 0. The molecule has 6 nitrogen and oxygen atoms in total. The molecule has 112 valence electrons. The number of aromatic amines is 1. The standard InChI is InChI=1S/C15H19N3O3/c1-2-21-15(20)11-8-16-12-5-3-4-10-9-18(6-7-19)17-14(10)13(11)12/h8-9,16,19H,2-7H2,1H3. The first-order valence-corrected chi connectivity index (χ1v) is 7.29. The number of carbonyl (C=O) groups is 1. The number of fused-ring (bicyclic) bond motifs is 3. The molecule has 0 spiro atoms. The predicted octanol–water partition coefficient (Wildman–Crippen LogP) is 1.54. The van der Waals surface area contributed by atoms with E-state index in [0.717, 1.165) is 41.8 Å². The molecule has 0 saturated carbocycles. The van der Waals surface area contributed by atoms with Crippen molar-refractivity contribution < 1.29 is 14.6 Å². The molecule has 0 fully saturated rings. The Kier molecular flexibility index (Phi) is 3.79. The van der Waals surface area contributed by atoms with Crippen LogP contribution in [0.5, 0.6) is 0 Å². The Bertz CT molecular complexity index is 657. The Morgan fingerprint density at radius 1 is 1.52 bits per heavy atom. The lowest BCUT2D eigenvalue weighted by molar-refractivity contribution is 0.0527. The summed E-state index contributed by atoms with van der Waals surface area (Å²) in [5.41, 5.74) is 4.39. The van der Waals surface area contributed by atoms with E-state index in [2.05, 4.69) is 10.1 Å². The number of ether oxygens (including phenoxy) is 1. The summed E-state index contributed by atoms with van der Waals surface area (Å²) < 4.78 is 6.87. The highest BCUT2D eigenvalue weighted by Crippen LogP contribution is 2.34. The number of carbonyl (C=O) groups excluding carboxylic acids is 1. The fourth-order valence-electron chi connectivity index (χ4n) is 2.83. The van der Waals surface area contributed by atoms with Gasteiger partial charge in [-0.1, -0.05) is 0 Å². The number of esters is 1. The minimum absolute atomic E-state index is 0.0469. The third-order valence-corrected chi connectivity index (χ3v) is 3.73. The van der Waals surface area contributed by atoms with Gasteiger partial charge in [0.1, 0.15) is 0 Å². The second-order valence-electron chi connectivity index (χ2n) is 5.12. The molecule has 0 saturated heterocycles. The molecular weight excluding hydrogens is 270 g/mol. The fourth-order valence-corrected chi connectivity index (χ4v) is 2.83. The molecule has 0 aliphatic heterocycles. The Hall–Kier alpha value is -2.08. The van der Waals surface area contributed by atoms with Gasteiger partial charge in [-0.3, -0.25) is 4.68 Å². The van der Waals surface area contributed by atoms with Crippen molar-refractivity contribution >= 4 is 5.97 Å². The van der Waals surface area contributed by atoms with E-state index >= 15 is 0 Å². The number of nitrogens with one attached hydrogen (secondary N) is 1. The predicted molar refractivity (Wildman–Crippen MR) is 77.1 cm³/mol. The van der Waals surface area contributed by atoms with Gasteiger partial charge in [-0.15, -0.1) is 0 Å². The van der Waals surface area contributed by atoms with Gasteiger partial charge in [-0.25, -0.2) is 4.79 Å². The maximum atomic E-state index is 12.1. The van der Waals surface area contributed by atoms with E-state index in [4.69, 9.17) is 9.84 Å². The van der Waals surface area contributed by atoms with Gasteiger partial charge in [-0.05, 0) is 31.7 Å². The molecule has 0 bridgehead atoms. The third kappa shape index (κ3) is 2.47. The first kappa shape index (κ1) is 13.9. The van der Waals surface area contributed by atoms with Crippen LogP contribution in [0.3, 0.4) is 0 Å². The second kappa shape index (κ2) is 5.73. The second-order valence-corrected chi connectivity index (χ2v) is 5.12. The molecule has 2 heterocycles. The molecule has 2 N–H and O–H groups in total. The summed E-state index contributed by atoms with van der Waals surface area (Å²) in [6.07, 6.45) is 6.50.